The second kappa shape index (κ2) is 14.3. The van der Waals surface area contributed by atoms with Gasteiger partial charge in [-0.15, -0.1) is 0 Å². The summed E-state index contributed by atoms with van der Waals surface area (Å²) in [5.41, 5.74) is -14.2. The van der Waals surface area contributed by atoms with Crippen LogP contribution in [0.1, 0.15) is 36.1 Å². The van der Waals surface area contributed by atoms with Crippen LogP contribution in [-0.2, 0) is 24.7 Å². The smallest absolute Gasteiger partial charge is 0.417 e. The first-order valence-electron chi connectivity index (χ1n) is 14.6. The summed E-state index contributed by atoms with van der Waals surface area (Å²) in [5, 5.41) is 23.9. The van der Waals surface area contributed by atoms with Crippen molar-refractivity contribution >= 4 is 11.4 Å². The van der Waals surface area contributed by atoms with Crippen molar-refractivity contribution in [3.8, 4) is 45.3 Å². The summed E-state index contributed by atoms with van der Waals surface area (Å²) in [6, 6.07) is 2.85. The second-order valence-electron chi connectivity index (χ2n) is 10.6. The predicted octanol–water partition coefficient (Wildman–Crippen LogP) is 11.5. The molecule has 0 radical (unpaired) electrons. The molecule has 9 nitrogen and oxygen atoms in total. The van der Waals surface area contributed by atoms with Crippen LogP contribution in [0.5, 0.6) is 23.0 Å². The van der Waals surface area contributed by atoms with Gasteiger partial charge in [-0.05, 0) is 50.2 Å². The molecule has 0 spiro atoms. The number of nitro groups is 2. The van der Waals surface area contributed by atoms with E-state index in [9.17, 15) is 72.9 Å². The van der Waals surface area contributed by atoms with Crippen LogP contribution in [0.4, 0.5) is 64.1 Å². The maximum atomic E-state index is 14.4. The Morgan fingerprint density at radius 3 is 1.13 bits per heavy atom. The first-order valence-corrected chi connectivity index (χ1v) is 14.6. The van der Waals surface area contributed by atoms with E-state index in [2.05, 4.69) is 0 Å². The van der Waals surface area contributed by atoms with Crippen LogP contribution in [0.15, 0.2) is 60.7 Å². The molecule has 0 unspecified atom stereocenters. The minimum absolute atomic E-state index is 0.200. The van der Waals surface area contributed by atoms with E-state index in [-0.39, 0.29) is 24.3 Å². The molecule has 0 saturated heterocycles. The van der Waals surface area contributed by atoms with Gasteiger partial charge in [0.15, 0.2) is 0 Å². The van der Waals surface area contributed by atoms with Crippen molar-refractivity contribution < 1.29 is 76.7 Å². The third-order valence-electron chi connectivity index (χ3n) is 7.23. The zero-order chi connectivity index (χ0) is 39.8. The van der Waals surface area contributed by atoms with Crippen LogP contribution >= 0.6 is 0 Å². The Morgan fingerprint density at radius 1 is 0.528 bits per heavy atom. The van der Waals surface area contributed by atoms with Gasteiger partial charge in [-0.25, -0.2) is 0 Å². The maximum absolute atomic E-state index is 14.4. The molecule has 0 aliphatic carbocycles. The topological polar surface area (TPSA) is 114 Å². The molecule has 4 aromatic rings. The third kappa shape index (κ3) is 8.33. The van der Waals surface area contributed by atoms with Gasteiger partial charge in [-0.1, -0.05) is 12.1 Å². The van der Waals surface area contributed by atoms with E-state index in [1.807, 2.05) is 0 Å². The summed E-state index contributed by atoms with van der Waals surface area (Å²) < 4.78 is 184. The Morgan fingerprint density at radius 2 is 0.868 bits per heavy atom. The minimum Gasteiger partial charge on any atom is -0.487 e. The van der Waals surface area contributed by atoms with Crippen LogP contribution in [0.2, 0.25) is 0 Å². The van der Waals surface area contributed by atoms with Gasteiger partial charge in [0.2, 0.25) is 11.5 Å². The lowest BCUT2D eigenvalue weighted by atomic mass is 9.93. The summed E-state index contributed by atoms with van der Waals surface area (Å²) in [6.07, 6.45) is -21.8. The van der Waals surface area contributed by atoms with E-state index in [1.165, 1.54) is 13.8 Å². The van der Waals surface area contributed by atoms with Crippen molar-refractivity contribution in [3.05, 3.63) is 103 Å². The van der Waals surface area contributed by atoms with Crippen LogP contribution in [0.3, 0.4) is 0 Å². The van der Waals surface area contributed by atoms with Gasteiger partial charge in [0, 0.05) is 23.3 Å². The number of halogens is 12. The number of hydrogen-bond donors (Lipinski definition) is 0. The zero-order valence-corrected chi connectivity index (χ0v) is 26.5. The number of alkyl halides is 12. The number of hydrogen-bond acceptors (Lipinski definition) is 7. The lowest BCUT2D eigenvalue weighted by Crippen LogP contribution is -2.13. The SMILES string of the molecule is CCOc1c([N+](=O)[O-])ccc(Oc2ccc([N+](=O)[O-])c(OCC)c2-c2ccc(C(F)(F)F)cc2C(F)(F)F)c1-c1ccc(C(F)(F)F)cc1C(F)(F)F. The Hall–Kier alpha value is -5.76. The molecule has 0 amide bonds. The average molecular weight is 772 g/mol. The summed E-state index contributed by atoms with van der Waals surface area (Å²) in [5.74, 6) is -3.89. The molecule has 0 N–H and O–H groups in total. The summed E-state index contributed by atoms with van der Waals surface area (Å²) in [4.78, 5) is 21.6. The molecule has 0 saturated carbocycles. The molecular weight excluding hydrogens is 752 g/mol. The van der Waals surface area contributed by atoms with Crippen molar-refractivity contribution in [2.24, 2.45) is 0 Å². The molecule has 4 rings (SSSR count). The van der Waals surface area contributed by atoms with Crippen LogP contribution in [0.25, 0.3) is 22.3 Å². The molecular formula is C32H20F12N2O7. The molecule has 53 heavy (non-hydrogen) atoms. The monoisotopic (exact) mass is 772 g/mol. The number of ether oxygens (including phenoxy) is 3. The number of nitro benzene ring substituents is 2. The largest absolute Gasteiger partial charge is 0.487 e. The first-order chi connectivity index (χ1) is 24.4. The second-order valence-corrected chi connectivity index (χ2v) is 10.6. The van der Waals surface area contributed by atoms with Gasteiger partial charge in [0.25, 0.3) is 0 Å². The lowest BCUT2D eigenvalue weighted by Gasteiger charge is -2.23. The third-order valence-corrected chi connectivity index (χ3v) is 7.23. The fourth-order valence-electron chi connectivity index (χ4n) is 5.12. The average Bonchev–Trinajstić information content (AvgIpc) is 3.03. The van der Waals surface area contributed by atoms with Crippen molar-refractivity contribution in [1.82, 2.24) is 0 Å². The minimum atomic E-state index is -5.59. The quantitative estimate of drug-likeness (QED) is 0.0895. The van der Waals surface area contributed by atoms with Crippen molar-refractivity contribution in [3.63, 3.8) is 0 Å². The highest BCUT2D eigenvalue weighted by molar-refractivity contribution is 5.87. The summed E-state index contributed by atoms with van der Waals surface area (Å²) >= 11 is 0. The van der Waals surface area contributed by atoms with Gasteiger partial charge < -0.3 is 14.2 Å². The molecule has 0 bridgehead atoms. The fraction of sp³-hybridized carbons (Fsp3) is 0.250. The van der Waals surface area contributed by atoms with E-state index in [4.69, 9.17) is 14.2 Å². The Bertz CT molecular complexity index is 1910. The van der Waals surface area contributed by atoms with Crippen LogP contribution in [-0.4, -0.2) is 23.1 Å². The molecule has 4 aromatic carbocycles. The number of benzene rings is 4. The Labute approximate surface area is 288 Å². The van der Waals surface area contributed by atoms with Gasteiger partial charge in [-0.3, -0.25) is 20.2 Å². The molecule has 284 valence electrons. The van der Waals surface area contributed by atoms with Crippen molar-refractivity contribution in [1.29, 1.82) is 0 Å². The standard InChI is InChI=1S/C32H20F12N2O7/c1-3-51-27-21(45(47)48)9-11-23(25(27)17-7-5-15(29(33,34)35)13-19(17)31(39,40)41)53-24-12-10-22(46(49)50)28(52-4-2)26(24)18-8-6-16(30(36,37)38)14-20(18)32(42,43)44/h5-14H,3-4H2,1-2H3. The lowest BCUT2D eigenvalue weighted by molar-refractivity contribution is -0.385. The molecule has 21 heteroatoms. The van der Waals surface area contributed by atoms with Gasteiger partial charge >= 0.3 is 36.1 Å². The Kier molecular flexibility index (Phi) is 10.8. The number of rotatable bonds is 10. The molecule has 0 fully saturated rings. The van der Waals surface area contributed by atoms with E-state index in [1.54, 1.807) is 0 Å². The van der Waals surface area contributed by atoms with Gasteiger partial charge in [0.1, 0.15) is 11.5 Å². The van der Waals surface area contributed by atoms with Crippen LogP contribution in [0, 0.1) is 20.2 Å². The highest BCUT2D eigenvalue weighted by Crippen LogP contribution is 2.54. The normalized spacial score (nSPS) is 12.4. The fourth-order valence-corrected chi connectivity index (χ4v) is 5.12. The highest BCUT2D eigenvalue weighted by Gasteiger charge is 2.42. The Balaban J connectivity index is 2.19. The van der Waals surface area contributed by atoms with E-state index < -0.39 is 127 Å². The van der Waals surface area contributed by atoms with E-state index in [0.717, 1.165) is 0 Å². The molecule has 0 aliphatic rings. The van der Waals surface area contributed by atoms with Crippen molar-refractivity contribution in [2.45, 2.75) is 38.6 Å². The van der Waals surface area contributed by atoms with E-state index >= 15 is 0 Å². The predicted molar refractivity (Wildman–Crippen MR) is 159 cm³/mol. The van der Waals surface area contributed by atoms with Gasteiger partial charge in [0.05, 0.1) is 56.4 Å². The van der Waals surface area contributed by atoms with E-state index in [0.29, 0.717) is 36.4 Å². The summed E-state index contributed by atoms with van der Waals surface area (Å²) in [6.45, 7) is 1.45. The molecule has 0 aromatic heterocycles. The number of nitrogens with zero attached hydrogens (tertiary/aromatic N) is 2. The maximum Gasteiger partial charge on any atom is 0.417 e. The van der Waals surface area contributed by atoms with Crippen LogP contribution < -0.4 is 14.2 Å². The summed E-state index contributed by atoms with van der Waals surface area (Å²) in [7, 11) is 0. The van der Waals surface area contributed by atoms with Crippen molar-refractivity contribution in [2.75, 3.05) is 13.2 Å². The zero-order valence-electron chi connectivity index (χ0n) is 26.5. The molecule has 0 heterocycles. The highest BCUT2D eigenvalue weighted by atomic mass is 19.4. The van der Waals surface area contributed by atoms with Gasteiger partial charge in [-0.2, -0.15) is 52.7 Å². The molecule has 0 atom stereocenters. The molecule has 0 aliphatic heterocycles. The first kappa shape index (κ1) is 40.0.